The van der Waals surface area contributed by atoms with Crippen molar-refractivity contribution in [1.82, 2.24) is 15.1 Å². The molecule has 3 rings (SSSR count). The molecule has 0 bridgehead atoms. The van der Waals surface area contributed by atoms with Crippen molar-refractivity contribution in [3.8, 4) is 0 Å². The third kappa shape index (κ3) is 3.78. The van der Waals surface area contributed by atoms with Crippen LogP contribution in [0.25, 0.3) is 0 Å². The Morgan fingerprint density at radius 3 is 2.44 bits per heavy atom. The Morgan fingerprint density at radius 2 is 1.81 bits per heavy atom. The summed E-state index contributed by atoms with van der Waals surface area (Å²) in [6, 6.07) is -1.08. The van der Waals surface area contributed by atoms with E-state index in [1.165, 1.54) is 4.90 Å². The van der Waals surface area contributed by atoms with Crippen LogP contribution in [0.4, 0.5) is 18.0 Å². The largest absolute Gasteiger partial charge is 0.391 e. The van der Waals surface area contributed by atoms with Gasteiger partial charge in [0.15, 0.2) is 0 Å². The van der Waals surface area contributed by atoms with Gasteiger partial charge in [-0.2, -0.15) is 13.2 Å². The number of nitrogens with zero attached hydrogens (tertiary/aromatic N) is 2. The van der Waals surface area contributed by atoms with Crippen LogP contribution in [0.3, 0.4) is 0 Å². The van der Waals surface area contributed by atoms with Gasteiger partial charge in [-0.15, -0.1) is 0 Å². The maximum atomic E-state index is 12.9. The summed E-state index contributed by atoms with van der Waals surface area (Å²) < 4.78 is 38.7. The fourth-order valence-corrected chi connectivity index (χ4v) is 4.71. The van der Waals surface area contributed by atoms with Gasteiger partial charge in [0.1, 0.15) is 12.1 Å². The number of amides is 4. The third-order valence-corrected chi connectivity index (χ3v) is 6.29. The van der Waals surface area contributed by atoms with Gasteiger partial charge >= 0.3 is 12.2 Å². The third-order valence-electron chi connectivity index (χ3n) is 6.29. The smallest absolute Gasteiger partial charge is 0.352 e. The number of rotatable bonds is 3. The molecule has 0 aromatic rings. The summed E-state index contributed by atoms with van der Waals surface area (Å²) in [6.45, 7) is -0.434. The maximum Gasteiger partial charge on any atom is 0.391 e. The van der Waals surface area contributed by atoms with Crippen LogP contribution in [0.2, 0.25) is 0 Å². The van der Waals surface area contributed by atoms with Crippen molar-refractivity contribution < 1.29 is 27.6 Å². The molecule has 0 aromatic carbocycles. The number of likely N-dealkylation sites (N-methyl/N-ethyl adjacent to an activating group) is 1. The second-order valence-electron chi connectivity index (χ2n) is 7.99. The highest BCUT2D eigenvalue weighted by Crippen LogP contribution is 2.40. The highest BCUT2D eigenvalue weighted by atomic mass is 19.4. The van der Waals surface area contributed by atoms with Gasteiger partial charge in [-0.1, -0.05) is 25.7 Å². The number of nitrogens with one attached hydrogen (secondary N) is 1. The zero-order valence-corrected chi connectivity index (χ0v) is 15.5. The van der Waals surface area contributed by atoms with Gasteiger partial charge in [0.25, 0.3) is 5.91 Å². The maximum absolute atomic E-state index is 12.9. The van der Waals surface area contributed by atoms with Crippen molar-refractivity contribution in [2.75, 3.05) is 13.6 Å². The molecule has 2 aliphatic carbocycles. The van der Waals surface area contributed by atoms with E-state index in [0.29, 0.717) is 25.7 Å². The van der Waals surface area contributed by atoms with Crippen LogP contribution >= 0.6 is 0 Å². The van der Waals surface area contributed by atoms with Crippen molar-refractivity contribution in [3.05, 3.63) is 0 Å². The molecule has 1 N–H and O–H groups in total. The van der Waals surface area contributed by atoms with Crippen LogP contribution in [-0.4, -0.2) is 59.0 Å². The predicted octanol–water partition coefficient (Wildman–Crippen LogP) is 2.82. The molecule has 27 heavy (non-hydrogen) atoms. The van der Waals surface area contributed by atoms with E-state index in [4.69, 9.17) is 0 Å². The lowest BCUT2D eigenvalue weighted by molar-refractivity contribution is -0.184. The van der Waals surface area contributed by atoms with Crippen molar-refractivity contribution >= 4 is 17.8 Å². The number of hydrogen-bond donors (Lipinski definition) is 1. The molecule has 0 aromatic heterocycles. The van der Waals surface area contributed by atoms with E-state index >= 15 is 0 Å². The highest BCUT2D eigenvalue weighted by molar-refractivity contribution is 6.08. The quantitative estimate of drug-likeness (QED) is 0.755. The van der Waals surface area contributed by atoms with E-state index in [9.17, 15) is 27.6 Å². The average molecular weight is 389 g/mol. The molecule has 1 heterocycles. The Bertz CT molecular complexity index is 617. The van der Waals surface area contributed by atoms with Crippen LogP contribution in [-0.2, 0) is 9.59 Å². The molecule has 6 nitrogen and oxygen atoms in total. The first-order valence-corrected chi connectivity index (χ1v) is 9.61. The lowest BCUT2D eigenvalue weighted by Crippen LogP contribution is -2.50. The van der Waals surface area contributed by atoms with Gasteiger partial charge in [-0.25, -0.2) is 4.79 Å². The molecule has 3 fully saturated rings. The number of alkyl halides is 3. The number of urea groups is 1. The molecular formula is C18H26F3N3O3. The first-order valence-electron chi connectivity index (χ1n) is 9.61. The molecular weight excluding hydrogens is 363 g/mol. The molecule has 0 radical (unpaired) electrons. The standard InChI is InChI=1S/C18H26F3N3O3/c1-23-16(27)24(15(26)17(23)8-3-2-4-9-17)11-14(25)22-13-7-5-6-12(10-13)18(19,20)21/h12-13H,2-11H2,1H3,(H,22,25). The van der Waals surface area contributed by atoms with Crippen molar-refractivity contribution in [2.24, 2.45) is 5.92 Å². The minimum atomic E-state index is -4.26. The fourth-order valence-electron chi connectivity index (χ4n) is 4.71. The van der Waals surface area contributed by atoms with Crippen LogP contribution in [0.1, 0.15) is 57.8 Å². The number of halogens is 3. The summed E-state index contributed by atoms with van der Waals surface area (Å²) >= 11 is 0. The SMILES string of the molecule is CN1C(=O)N(CC(=O)NC2CCCC(C(F)(F)F)C2)C(=O)C12CCCCC2. The van der Waals surface area contributed by atoms with Crippen LogP contribution < -0.4 is 5.32 Å². The molecule has 4 amide bonds. The lowest BCUT2D eigenvalue weighted by Gasteiger charge is -2.35. The van der Waals surface area contributed by atoms with Gasteiger partial charge < -0.3 is 10.2 Å². The van der Waals surface area contributed by atoms with Crippen molar-refractivity contribution in [1.29, 1.82) is 0 Å². The van der Waals surface area contributed by atoms with E-state index in [2.05, 4.69) is 5.32 Å². The van der Waals surface area contributed by atoms with Gasteiger partial charge in [0.2, 0.25) is 5.91 Å². The average Bonchev–Trinajstić information content (AvgIpc) is 2.78. The second kappa shape index (κ2) is 7.31. The molecule has 9 heteroatoms. The van der Waals surface area contributed by atoms with Gasteiger partial charge in [0, 0.05) is 13.1 Å². The Labute approximate surface area is 156 Å². The zero-order chi connectivity index (χ0) is 19.8. The molecule has 1 saturated heterocycles. The fraction of sp³-hybridized carbons (Fsp3) is 0.833. The van der Waals surface area contributed by atoms with E-state index in [1.807, 2.05) is 0 Å². The summed E-state index contributed by atoms with van der Waals surface area (Å²) in [5.74, 6) is -2.35. The van der Waals surface area contributed by atoms with E-state index in [0.717, 1.165) is 24.2 Å². The predicted molar refractivity (Wildman–Crippen MR) is 90.6 cm³/mol. The number of imide groups is 1. The zero-order valence-electron chi connectivity index (χ0n) is 15.5. The Kier molecular flexibility index (Phi) is 5.40. The monoisotopic (exact) mass is 389 g/mol. The highest BCUT2D eigenvalue weighted by Gasteiger charge is 2.56. The molecule has 2 unspecified atom stereocenters. The first kappa shape index (κ1) is 19.9. The summed E-state index contributed by atoms with van der Waals surface area (Å²) in [5.41, 5.74) is -0.859. The normalized spacial score (nSPS) is 28.7. The first-order chi connectivity index (χ1) is 12.6. The molecule has 3 aliphatic rings. The lowest BCUT2D eigenvalue weighted by atomic mass is 9.81. The Morgan fingerprint density at radius 1 is 1.15 bits per heavy atom. The van der Waals surface area contributed by atoms with Crippen molar-refractivity contribution in [2.45, 2.75) is 75.5 Å². The minimum Gasteiger partial charge on any atom is -0.352 e. The van der Waals surface area contributed by atoms with E-state index in [-0.39, 0.29) is 18.7 Å². The molecule has 1 aliphatic heterocycles. The minimum absolute atomic E-state index is 0.0757. The van der Waals surface area contributed by atoms with Crippen molar-refractivity contribution in [3.63, 3.8) is 0 Å². The number of carbonyl (C=O) groups excluding carboxylic acids is 3. The van der Waals surface area contributed by atoms with Gasteiger partial charge in [-0.3, -0.25) is 14.5 Å². The molecule has 1 spiro atoms. The van der Waals surface area contributed by atoms with Crippen LogP contribution in [0, 0.1) is 5.92 Å². The number of carbonyl (C=O) groups is 3. The van der Waals surface area contributed by atoms with Crippen LogP contribution in [0.15, 0.2) is 0 Å². The molecule has 152 valence electrons. The Balaban J connectivity index is 1.61. The van der Waals surface area contributed by atoms with Gasteiger partial charge in [-0.05, 0) is 32.1 Å². The summed E-state index contributed by atoms with van der Waals surface area (Å²) in [6.07, 6.45) is 0.415. The summed E-state index contributed by atoms with van der Waals surface area (Å²) in [4.78, 5) is 40.1. The summed E-state index contributed by atoms with van der Waals surface area (Å²) in [5, 5.41) is 2.59. The topological polar surface area (TPSA) is 69.7 Å². The molecule has 2 atom stereocenters. The second-order valence-corrected chi connectivity index (χ2v) is 7.99. The number of hydrogen-bond acceptors (Lipinski definition) is 3. The molecule has 2 saturated carbocycles. The Hall–Kier alpha value is -1.80. The van der Waals surface area contributed by atoms with E-state index < -0.39 is 42.2 Å². The van der Waals surface area contributed by atoms with Crippen LogP contribution in [0.5, 0.6) is 0 Å². The van der Waals surface area contributed by atoms with E-state index in [1.54, 1.807) is 7.05 Å². The summed E-state index contributed by atoms with van der Waals surface area (Å²) in [7, 11) is 1.58. The van der Waals surface area contributed by atoms with Gasteiger partial charge in [0.05, 0.1) is 5.92 Å².